The number of nitrogens with one attached hydrogen (secondary N) is 1. The third-order valence-corrected chi connectivity index (χ3v) is 4.64. The Kier molecular flexibility index (Phi) is 5.35. The molecule has 0 aromatic heterocycles. The van der Waals surface area contributed by atoms with Gasteiger partial charge in [0.1, 0.15) is 0 Å². The van der Waals surface area contributed by atoms with Crippen molar-refractivity contribution in [3.8, 4) is 0 Å². The summed E-state index contributed by atoms with van der Waals surface area (Å²) in [7, 11) is 4.28. The van der Waals surface area contributed by atoms with Gasteiger partial charge in [-0.2, -0.15) is 0 Å². The fourth-order valence-corrected chi connectivity index (χ4v) is 2.96. The summed E-state index contributed by atoms with van der Waals surface area (Å²) < 4.78 is 0. The molecule has 0 spiro atoms. The van der Waals surface area contributed by atoms with E-state index in [0.717, 1.165) is 32.0 Å². The minimum absolute atomic E-state index is 0.367. The van der Waals surface area contributed by atoms with Gasteiger partial charge in [0.25, 0.3) is 0 Å². The molecule has 1 atom stereocenters. The minimum atomic E-state index is 0.367. The van der Waals surface area contributed by atoms with Crippen LogP contribution in [0.1, 0.15) is 32.4 Å². The average molecular weight is 302 g/mol. The Hall–Kier alpha value is -1.68. The zero-order chi connectivity index (χ0) is 16.3. The van der Waals surface area contributed by atoms with E-state index < -0.39 is 0 Å². The van der Waals surface area contributed by atoms with E-state index in [0.29, 0.717) is 6.04 Å². The molecule has 1 fully saturated rings. The summed E-state index contributed by atoms with van der Waals surface area (Å²) in [4.78, 5) is 7.06. The van der Waals surface area contributed by atoms with Crippen LogP contribution in [0.5, 0.6) is 0 Å². The van der Waals surface area contributed by atoms with E-state index in [-0.39, 0.29) is 0 Å². The fourth-order valence-electron chi connectivity index (χ4n) is 2.96. The van der Waals surface area contributed by atoms with Crippen LogP contribution in [0, 0.1) is 0 Å². The molecule has 0 amide bonds. The summed E-state index contributed by atoms with van der Waals surface area (Å²) in [6.45, 7) is 14.8. The standard InChI is InChI=1S/C16H24N4.C2H6/c1-12-15-11-14(20-9-7-18(3)8-10-20)5-6-16(15)17-13(2)19(12)4;1-2/h5-6,11-12,17H,2,7-10H2,1,3-4H3;1-2H3. The van der Waals surface area contributed by atoms with Crippen LogP contribution in [0.15, 0.2) is 30.6 Å². The van der Waals surface area contributed by atoms with Gasteiger partial charge in [-0.25, -0.2) is 0 Å². The van der Waals surface area contributed by atoms with Crippen LogP contribution in [-0.4, -0.2) is 50.1 Å². The molecule has 0 aliphatic carbocycles. The number of anilines is 2. The van der Waals surface area contributed by atoms with Crippen molar-refractivity contribution >= 4 is 11.4 Å². The lowest BCUT2D eigenvalue weighted by Gasteiger charge is -2.38. The number of benzene rings is 1. The van der Waals surface area contributed by atoms with E-state index in [2.05, 4.69) is 65.8 Å². The maximum atomic E-state index is 4.06. The second kappa shape index (κ2) is 7.05. The van der Waals surface area contributed by atoms with Crippen LogP contribution in [0.3, 0.4) is 0 Å². The lowest BCUT2D eigenvalue weighted by Crippen LogP contribution is -2.44. The SMILES string of the molecule is C=C1Nc2ccc(N3CCN(C)CC3)cc2C(C)N1C.CC. The van der Waals surface area contributed by atoms with Crippen molar-refractivity contribution in [3.05, 3.63) is 36.2 Å². The van der Waals surface area contributed by atoms with Crippen LogP contribution in [0.2, 0.25) is 0 Å². The lowest BCUT2D eigenvalue weighted by atomic mass is 10.0. The first-order valence-corrected chi connectivity index (χ1v) is 8.32. The minimum Gasteiger partial charge on any atom is -0.369 e. The summed E-state index contributed by atoms with van der Waals surface area (Å²) in [6.07, 6.45) is 0. The van der Waals surface area contributed by atoms with Crippen molar-refractivity contribution in [3.63, 3.8) is 0 Å². The molecule has 22 heavy (non-hydrogen) atoms. The van der Waals surface area contributed by atoms with Gasteiger partial charge in [-0.1, -0.05) is 20.4 Å². The highest BCUT2D eigenvalue weighted by atomic mass is 15.3. The number of hydrogen-bond donors (Lipinski definition) is 1. The number of piperazine rings is 1. The second-order valence-corrected chi connectivity index (χ2v) is 5.92. The van der Waals surface area contributed by atoms with E-state index in [9.17, 15) is 0 Å². The Morgan fingerprint density at radius 1 is 1.09 bits per heavy atom. The summed E-state index contributed by atoms with van der Waals surface area (Å²) in [5.41, 5.74) is 3.89. The van der Waals surface area contributed by atoms with Gasteiger partial charge in [0.05, 0.1) is 11.9 Å². The molecule has 0 saturated carbocycles. The number of nitrogens with zero attached hydrogens (tertiary/aromatic N) is 3. The first-order valence-electron chi connectivity index (χ1n) is 8.32. The van der Waals surface area contributed by atoms with Gasteiger partial charge in [-0.3, -0.25) is 0 Å². The molecule has 1 saturated heterocycles. The smallest absolute Gasteiger partial charge is 0.0986 e. The predicted octanol–water partition coefficient (Wildman–Crippen LogP) is 3.35. The normalized spacial score (nSPS) is 21.7. The number of rotatable bonds is 1. The van der Waals surface area contributed by atoms with Gasteiger partial charge in [0.15, 0.2) is 0 Å². The summed E-state index contributed by atoms with van der Waals surface area (Å²) >= 11 is 0. The van der Waals surface area contributed by atoms with Crippen LogP contribution in [0.4, 0.5) is 11.4 Å². The van der Waals surface area contributed by atoms with Crippen molar-refractivity contribution in [1.29, 1.82) is 0 Å². The molecule has 0 radical (unpaired) electrons. The van der Waals surface area contributed by atoms with Crippen molar-refractivity contribution < 1.29 is 0 Å². The largest absolute Gasteiger partial charge is 0.369 e. The second-order valence-electron chi connectivity index (χ2n) is 5.92. The van der Waals surface area contributed by atoms with Crippen molar-refractivity contribution in [2.45, 2.75) is 26.8 Å². The highest BCUT2D eigenvalue weighted by molar-refractivity contribution is 5.65. The molecule has 2 aliphatic rings. The molecular weight excluding hydrogens is 272 g/mol. The Morgan fingerprint density at radius 3 is 2.36 bits per heavy atom. The highest BCUT2D eigenvalue weighted by Gasteiger charge is 2.24. The number of fused-ring (bicyclic) bond motifs is 1. The van der Waals surface area contributed by atoms with Crippen LogP contribution < -0.4 is 10.2 Å². The van der Waals surface area contributed by atoms with Crippen molar-refractivity contribution in [2.75, 3.05) is 50.5 Å². The zero-order valence-electron chi connectivity index (χ0n) is 14.7. The maximum absolute atomic E-state index is 4.06. The van der Waals surface area contributed by atoms with E-state index >= 15 is 0 Å². The molecule has 4 heteroatoms. The van der Waals surface area contributed by atoms with Gasteiger partial charge in [-0.05, 0) is 37.7 Å². The molecule has 3 rings (SSSR count). The molecular formula is C18H30N4. The van der Waals surface area contributed by atoms with Gasteiger partial charge >= 0.3 is 0 Å². The first-order chi connectivity index (χ1) is 10.6. The molecule has 2 heterocycles. The van der Waals surface area contributed by atoms with Crippen molar-refractivity contribution in [1.82, 2.24) is 9.80 Å². The monoisotopic (exact) mass is 302 g/mol. The Bertz CT molecular complexity index is 518. The molecule has 1 N–H and O–H groups in total. The van der Waals surface area contributed by atoms with Crippen molar-refractivity contribution in [2.24, 2.45) is 0 Å². The van der Waals surface area contributed by atoms with Gasteiger partial charge < -0.3 is 20.0 Å². The molecule has 122 valence electrons. The maximum Gasteiger partial charge on any atom is 0.0986 e. The Labute approximate surface area is 135 Å². The van der Waals surface area contributed by atoms with Crippen LogP contribution in [0.25, 0.3) is 0 Å². The van der Waals surface area contributed by atoms with Gasteiger partial charge in [-0.15, -0.1) is 0 Å². The molecule has 1 unspecified atom stereocenters. The molecule has 0 bridgehead atoms. The lowest BCUT2D eigenvalue weighted by molar-refractivity contribution is 0.312. The highest BCUT2D eigenvalue weighted by Crippen LogP contribution is 2.36. The summed E-state index contributed by atoms with van der Waals surface area (Å²) in [5, 5.41) is 3.38. The first kappa shape index (κ1) is 16.7. The van der Waals surface area contributed by atoms with E-state index in [1.54, 1.807) is 0 Å². The molecule has 1 aromatic rings. The third-order valence-electron chi connectivity index (χ3n) is 4.64. The van der Waals surface area contributed by atoms with E-state index in [4.69, 9.17) is 0 Å². The summed E-state index contributed by atoms with van der Waals surface area (Å²) in [5.74, 6) is 0.970. The zero-order valence-corrected chi connectivity index (χ0v) is 14.7. The molecule has 1 aromatic carbocycles. The average Bonchev–Trinajstić information content (AvgIpc) is 2.55. The van der Waals surface area contributed by atoms with E-state index in [1.807, 2.05) is 13.8 Å². The topological polar surface area (TPSA) is 21.8 Å². The number of hydrogen-bond acceptors (Lipinski definition) is 4. The van der Waals surface area contributed by atoms with Crippen LogP contribution >= 0.6 is 0 Å². The Morgan fingerprint density at radius 2 is 1.73 bits per heavy atom. The fraction of sp³-hybridized carbons (Fsp3) is 0.556. The Balaban J connectivity index is 0.000000847. The number of likely N-dealkylation sites (N-methyl/N-ethyl adjacent to an activating group) is 1. The van der Waals surface area contributed by atoms with Gasteiger partial charge in [0, 0.05) is 44.6 Å². The molecule has 2 aliphatic heterocycles. The summed E-state index contributed by atoms with van der Waals surface area (Å²) in [6, 6.07) is 7.12. The predicted molar refractivity (Wildman–Crippen MR) is 96.4 cm³/mol. The van der Waals surface area contributed by atoms with E-state index in [1.165, 1.54) is 16.9 Å². The quantitative estimate of drug-likeness (QED) is 0.858. The van der Waals surface area contributed by atoms with Crippen LogP contribution in [-0.2, 0) is 0 Å². The molecule has 4 nitrogen and oxygen atoms in total. The van der Waals surface area contributed by atoms with Gasteiger partial charge in [0.2, 0.25) is 0 Å². The third kappa shape index (κ3) is 3.22.